The van der Waals surface area contributed by atoms with Crippen molar-refractivity contribution >= 4 is 0 Å². The highest BCUT2D eigenvalue weighted by molar-refractivity contribution is 4.92. The van der Waals surface area contributed by atoms with Gasteiger partial charge in [0.25, 0.3) is 0 Å². The second-order valence-electron chi connectivity index (χ2n) is 4.26. The normalized spacial score (nSPS) is 45.0. The molecule has 1 aliphatic carbocycles. The first-order valence-electron chi connectivity index (χ1n) is 4.77. The lowest BCUT2D eigenvalue weighted by Gasteiger charge is -2.35. The van der Waals surface area contributed by atoms with Gasteiger partial charge in [0.2, 0.25) is 0 Å². The molecule has 0 aromatic carbocycles. The largest absolute Gasteiger partial charge is 0.328 e. The summed E-state index contributed by atoms with van der Waals surface area (Å²) >= 11 is 0. The van der Waals surface area contributed by atoms with Gasteiger partial charge in [-0.1, -0.05) is 0 Å². The summed E-state index contributed by atoms with van der Waals surface area (Å²) in [6.07, 6.45) is 6.62. The Hall–Kier alpha value is -0.0800. The van der Waals surface area contributed by atoms with E-state index in [1.165, 1.54) is 45.2 Å². The molecule has 0 bridgehead atoms. The molecular formula is C9H18N2. The lowest BCUT2D eigenvalue weighted by Crippen LogP contribution is -2.35. The Morgan fingerprint density at radius 1 is 1.18 bits per heavy atom. The molecule has 3 N–H and O–H groups in total. The number of nitrogens with one attached hydrogen (secondary N) is 1. The van der Waals surface area contributed by atoms with Gasteiger partial charge in [-0.3, -0.25) is 0 Å². The number of hydrogen-bond acceptors (Lipinski definition) is 2. The maximum atomic E-state index is 5.87. The van der Waals surface area contributed by atoms with Gasteiger partial charge in [-0.25, -0.2) is 0 Å². The van der Waals surface area contributed by atoms with Crippen LogP contribution in [-0.2, 0) is 0 Å². The molecule has 2 rings (SSSR count). The van der Waals surface area contributed by atoms with Crippen molar-refractivity contribution < 1.29 is 0 Å². The average Bonchev–Trinajstić information content (AvgIpc) is 2.45. The first-order chi connectivity index (χ1) is 5.31. The van der Waals surface area contributed by atoms with Crippen LogP contribution in [0.2, 0.25) is 0 Å². The molecule has 0 aromatic heterocycles. The van der Waals surface area contributed by atoms with Crippen molar-refractivity contribution in [3.05, 3.63) is 0 Å². The Kier molecular flexibility index (Phi) is 1.90. The summed E-state index contributed by atoms with van der Waals surface area (Å²) in [6.45, 7) is 2.48. The Labute approximate surface area is 68.5 Å². The molecule has 1 saturated carbocycles. The molecule has 0 atom stereocenters. The molecule has 2 heteroatoms. The zero-order valence-corrected chi connectivity index (χ0v) is 7.10. The van der Waals surface area contributed by atoms with Crippen LogP contribution < -0.4 is 11.1 Å². The van der Waals surface area contributed by atoms with Crippen LogP contribution in [0.4, 0.5) is 0 Å². The zero-order chi connectivity index (χ0) is 7.73. The van der Waals surface area contributed by atoms with Gasteiger partial charge in [0.1, 0.15) is 0 Å². The summed E-state index contributed by atoms with van der Waals surface area (Å²) in [5, 5.41) is 3.46. The fourth-order valence-electron chi connectivity index (χ4n) is 2.47. The van der Waals surface area contributed by atoms with Crippen molar-refractivity contribution in [1.82, 2.24) is 5.32 Å². The monoisotopic (exact) mass is 154 g/mol. The van der Waals surface area contributed by atoms with E-state index in [4.69, 9.17) is 5.73 Å². The standard InChI is InChI=1S/C9H18N2/c10-8-1-3-9(4-2-8)5-6-11-7-9/h8,11H,1-7,10H2. The molecule has 2 aliphatic rings. The molecule has 1 heterocycles. The minimum Gasteiger partial charge on any atom is -0.328 e. The molecule has 0 aromatic rings. The highest BCUT2D eigenvalue weighted by Crippen LogP contribution is 2.40. The van der Waals surface area contributed by atoms with Crippen LogP contribution >= 0.6 is 0 Å². The summed E-state index contributed by atoms with van der Waals surface area (Å²) in [6, 6.07) is 0.501. The number of nitrogens with two attached hydrogens (primary N) is 1. The SMILES string of the molecule is NC1CCC2(CCNC2)CC1. The Balaban J connectivity index is 1.94. The quantitative estimate of drug-likeness (QED) is 0.543. The average molecular weight is 154 g/mol. The smallest absolute Gasteiger partial charge is 0.00392 e. The molecule has 2 fully saturated rings. The number of hydrogen-bond donors (Lipinski definition) is 2. The van der Waals surface area contributed by atoms with E-state index in [-0.39, 0.29) is 0 Å². The third-order valence-corrected chi connectivity index (χ3v) is 3.42. The van der Waals surface area contributed by atoms with Crippen molar-refractivity contribution in [2.45, 2.75) is 38.1 Å². The summed E-state index contributed by atoms with van der Waals surface area (Å²) < 4.78 is 0. The third kappa shape index (κ3) is 1.42. The second kappa shape index (κ2) is 2.76. The van der Waals surface area contributed by atoms with Crippen LogP contribution in [0, 0.1) is 5.41 Å². The predicted molar refractivity (Wildman–Crippen MR) is 46.4 cm³/mol. The van der Waals surface area contributed by atoms with Gasteiger partial charge in [-0.2, -0.15) is 0 Å². The van der Waals surface area contributed by atoms with Gasteiger partial charge in [0.15, 0.2) is 0 Å². The predicted octanol–water partition coefficient (Wildman–Crippen LogP) is 0.867. The van der Waals surface area contributed by atoms with Crippen molar-refractivity contribution in [2.75, 3.05) is 13.1 Å². The van der Waals surface area contributed by atoms with Gasteiger partial charge in [0, 0.05) is 12.6 Å². The van der Waals surface area contributed by atoms with Crippen LogP contribution in [0.15, 0.2) is 0 Å². The first-order valence-corrected chi connectivity index (χ1v) is 4.77. The maximum Gasteiger partial charge on any atom is 0.00392 e. The third-order valence-electron chi connectivity index (χ3n) is 3.42. The van der Waals surface area contributed by atoms with Gasteiger partial charge < -0.3 is 11.1 Å². The minimum absolute atomic E-state index is 0.501. The summed E-state index contributed by atoms with van der Waals surface area (Å²) in [5.74, 6) is 0. The molecule has 0 radical (unpaired) electrons. The lowest BCUT2D eigenvalue weighted by atomic mass is 9.72. The van der Waals surface area contributed by atoms with Crippen LogP contribution in [0.1, 0.15) is 32.1 Å². The maximum absolute atomic E-state index is 5.87. The van der Waals surface area contributed by atoms with E-state index in [0.29, 0.717) is 11.5 Å². The summed E-state index contributed by atoms with van der Waals surface area (Å²) in [7, 11) is 0. The molecule has 1 spiro atoms. The van der Waals surface area contributed by atoms with Crippen molar-refractivity contribution in [1.29, 1.82) is 0 Å². The molecule has 0 unspecified atom stereocenters. The fourth-order valence-corrected chi connectivity index (χ4v) is 2.47. The van der Waals surface area contributed by atoms with E-state index in [2.05, 4.69) is 5.32 Å². The first kappa shape index (κ1) is 7.56. The van der Waals surface area contributed by atoms with Crippen LogP contribution in [0.5, 0.6) is 0 Å². The Morgan fingerprint density at radius 2 is 1.91 bits per heavy atom. The molecule has 1 saturated heterocycles. The van der Waals surface area contributed by atoms with Crippen LogP contribution in [0.3, 0.4) is 0 Å². The van der Waals surface area contributed by atoms with Crippen molar-refractivity contribution in [2.24, 2.45) is 11.1 Å². The van der Waals surface area contributed by atoms with Gasteiger partial charge in [0.05, 0.1) is 0 Å². The van der Waals surface area contributed by atoms with E-state index < -0.39 is 0 Å². The Morgan fingerprint density at radius 3 is 2.45 bits per heavy atom. The molecule has 11 heavy (non-hydrogen) atoms. The summed E-state index contributed by atoms with van der Waals surface area (Å²) in [5.41, 5.74) is 6.53. The van der Waals surface area contributed by atoms with Crippen LogP contribution in [-0.4, -0.2) is 19.1 Å². The second-order valence-corrected chi connectivity index (χ2v) is 4.26. The van der Waals surface area contributed by atoms with E-state index in [0.717, 1.165) is 0 Å². The topological polar surface area (TPSA) is 38.0 Å². The number of rotatable bonds is 0. The highest BCUT2D eigenvalue weighted by Gasteiger charge is 2.36. The van der Waals surface area contributed by atoms with E-state index in [1.54, 1.807) is 0 Å². The zero-order valence-electron chi connectivity index (χ0n) is 7.10. The molecule has 64 valence electrons. The van der Waals surface area contributed by atoms with Gasteiger partial charge >= 0.3 is 0 Å². The van der Waals surface area contributed by atoms with E-state index >= 15 is 0 Å². The molecular weight excluding hydrogens is 136 g/mol. The van der Waals surface area contributed by atoms with E-state index in [9.17, 15) is 0 Å². The highest BCUT2D eigenvalue weighted by atomic mass is 14.9. The molecule has 2 nitrogen and oxygen atoms in total. The minimum atomic E-state index is 0.501. The fraction of sp³-hybridized carbons (Fsp3) is 1.00. The summed E-state index contributed by atoms with van der Waals surface area (Å²) in [4.78, 5) is 0. The van der Waals surface area contributed by atoms with Gasteiger partial charge in [-0.05, 0) is 44.1 Å². The van der Waals surface area contributed by atoms with Crippen molar-refractivity contribution in [3.63, 3.8) is 0 Å². The van der Waals surface area contributed by atoms with E-state index in [1.807, 2.05) is 0 Å². The van der Waals surface area contributed by atoms with Crippen LogP contribution in [0.25, 0.3) is 0 Å². The van der Waals surface area contributed by atoms with Gasteiger partial charge in [-0.15, -0.1) is 0 Å². The molecule has 1 aliphatic heterocycles. The Bertz CT molecular complexity index is 128. The molecule has 0 amide bonds. The van der Waals surface area contributed by atoms with Crippen molar-refractivity contribution in [3.8, 4) is 0 Å². The lowest BCUT2D eigenvalue weighted by molar-refractivity contribution is 0.200.